The summed E-state index contributed by atoms with van der Waals surface area (Å²) in [5.41, 5.74) is -0.212. The Hall–Kier alpha value is -1.40. The fourth-order valence-corrected chi connectivity index (χ4v) is 3.07. The summed E-state index contributed by atoms with van der Waals surface area (Å²) >= 11 is 0. The molecular weight excluding hydrogens is 282 g/mol. The molecule has 0 bridgehead atoms. The second-order valence-corrected chi connectivity index (χ2v) is 6.86. The van der Waals surface area contributed by atoms with E-state index in [1.807, 2.05) is 36.4 Å². The molecule has 1 aromatic heterocycles. The smallest absolute Gasteiger partial charge is 0.224 e. The summed E-state index contributed by atoms with van der Waals surface area (Å²) in [5, 5.41) is 14.9. The molecular formula is C16H27N3O3. The van der Waals surface area contributed by atoms with Gasteiger partial charge >= 0.3 is 0 Å². The summed E-state index contributed by atoms with van der Waals surface area (Å²) in [6.45, 7) is 7.97. The van der Waals surface area contributed by atoms with Gasteiger partial charge in [0.1, 0.15) is 0 Å². The van der Waals surface area contributed by atoms with Crippen molar-refractivity contribution in [2.24, 2.45) is 5.41 Å². The van der Waals surface area contributed by atoms with E-state index in [-0.39, 0.29) is 5.91 Å². The molecule has 6 nitrogen and oxygen atoms in total. The third-order valence-electron chi connectivity index (χ3n) is 4.84. The van der Waals surface area contributed by atoms with Gasteiger partial charge in [-0.15, -0.1) is 0 Å². The number of aliphatic hydroxyl groups is 1. The van der Waals surface area contributed by atoms with E-state index in [1.54, 1.807) is 13.3 Å². The van der Waals surface area contributed by atoms with Gasteiger partial charge in [-0.1, -0.05) is 13.8 Å². The summed E-state index contributed by atoms with van der Waals surface area (Å²) < 4.78 is 7.00. The average Bonchev–Trinajstić information content (AvgIpc) is 2.85. The predicted molar refractivity (Wildman–Crippen MR) is 83.4 cm³/mol. The lowest BCUT2D eigenvalue weighted by molar-refractivity contribution is -0.163. The monoisotopic (exact) mass is 309 g/mol. The number of likely N-dealkylation sites (tertiary alicyclic amines) is 1. The highest BCUT2D eigenvalue weighted by molar-refractivity contribution is 5.76. The van der Waals surface area contributed by atoms with Crippen LogP contribution in [-0.4, -0.2) is 58.1 Å². The van der Waals surface area contributed by atoms with Crippen LogP contribution in [0.2, 0.25) is 0 Å². The summed E-state index contributed by atoms with van der Waals surface area (Å²) in [6.07, 6.45) is 2.72. The number of hydrogen-bond donors (Lipinski definition) is 1. The molecule has 2 rings (SSSR count). The van der Waals surface area contributed by atoms with Crippen molar-refractivity contribution in [1.82, 2.24) is 14.7 Å². The largest absolute Gasteiger partial charge is 0.387 e. The van der Waals surface area contributed by atoms with Crippen LogP contribution in [0.4, 0.5) is 0 Å². The molecule has 0 saturated carbocycles. The van der Waals surface area contributed by atoms with Gasteiger partial charge in [-0.25, -0.2) is 0 Å². The number of amides is 1. The number of piperidine rings is 1. The molecule has 1 aliphatic heterocycles. The van der Waals surface area contributed by atoms with Crippen molar-refractivity contribution in [2.75, 3.05) is 26.8 Å². The van der Waals surface area contributed by atoms with Crippen LogP contribution in [-0.2, 0) is 16.1 Å². The lowest BCUT2D eigenvalue weighted by Crippen LogP contribution is -2.60. The van der Waals surface area contributed by atoms with Gasteiger partial charge in [0.25, 0.3) is 0 Å². The van der Waals surface area contributed by atoms with Crippen molar-refractivity contribution < 1.29 is 14.6 Å². The highest BCUT2D eigenvalue weighted by atomic mass is 16.5. The maximum Gasteiger partial charge on any atom is 0.224 e. The van der Waals surface area contributed by atoms with E-state index in [0.717, 1.165) is 5.69 Å². The first-order chi connectivity index (χ1) is 10.3. The van der Waals surface area contributed by atoms with Crippen molar-refractivity contribution in [2.45, 2.75) is 45.8 Å². The molecule has 0 aromatic carbocycles. The third-order valence-corrected chi connectivity index (χ3v) is 4.84. The van der Waals surface area contributed by atoms with Crippen LogP contribution in [0.3, 0.4) is 0 Å². The van der Waals surface area contributed by atoms with Crippen molar-refractivity contribution in [1.29, 1.82) is 0 Å². The van der Waals surface area contributed by atoms with Crippen molar-refractivity contribution in [3.05, 3.63) is 18.0 Å². The van der Waals surface area contributed by atoms with Gasteiger partial charge in [0.05, 0.1) is 12.2 Å². The molecule has 1 saturated heterocycles. The topological polar surface area (TPSA) is 67.6 Å². The molecule has 22 heavy (non-hydrogen) atoms. The van der Waals surface area contributed by atoms with Gasteiger partial charge in [0, 0.05) is 50.5 Å². The molecule has 6 heteroatoms. The summed E-state index contributed by atoms with van der Waals surface area (Å²) in [5.74, 6) is 0.113. The number of aryl methyl sites for hydroxylation is 2. The molecule has 0 spiro atoms. The van der Waals surface area contributed by atoms with E-state index < -0.39 is 11.0 Å². The van der Waals surface area contributed by atoms with Gasteiger partial charge in [-0.05, 0) is 19.4 Å². The van der Waals surface area contributed by atoms with E-state index in [2.05, 4.69) is 5.10 Å². The molecule has 1 aromatic rings. The molecule has 124 valence electrons. The van der Waals surface area contributed by atoms with E-state index in [0.29, 0.717) is 39.1 Å². The zero-order valence-electron chi connectivity index (χ0n) is 14.0. The van der Waals surface area contributed by atoms with Crippen LogP contribution in [0.15, 0.2) is 12.3 Å². The zero-order chi connectivity index (χ0) is 16.4. The van der Waals surface area contributed by atoms with Crippen LogP contribution in [0.25, 0.3) is 0 Å². The first kappa shape index (κ1) is 17.0. The number of ether oxygens (including phenoxy) is 1. The molecule has 1 N–H and O–H groups in total. The zero-order valence-corrected chi connectivity index (χ0v) is 14.0. The summed E-state index contributed by atoms with van der Waals surface area (Å²) in [6, 6.07) is 1.93. The first-order valence-electron chi connectivity index (χ1n) is 7.76. The normalized spacial score (nSPS) is 24.5. The maximum atomic E-state index is 12.4. The Morgan fingerprint density at radius 3 is 2.77 bits per heavy atom. The van der Waals surface area contributed by atoms with Crippen LogP contribution in [0.1, 0.15) is 32.4 Å². The van der Waals surface area contributed by atoms with Crippen molar-refractivity contribution >= 4 is 5.91 Å². The highest BCUT2D eigenvalue weighted by Gasteiger charge is 2.48. The minimum absolute atomic E-state index is 0.113. The van der Waals surface area contributed by atoms with Crippen LogP contribution in [0, 0.1) is 12.3 Å². The minimum Gasteiger partial charge on any atom is -0.387 e. The minimum atomic E-state index is -0.878. The van der Waals surface area contributed by atoms with Gasteiger partial charge in [-0.3, -0.25) is 9.48 Å². The molecule has 1 fully saturated rings. The van der Waals surface area contributed by atoms with E-state index in [1.165, 1.54) is 0 Å². The lowest BCUT2D eigenvalue weighted by Gasteiger charge is -2.50. The van der Waals surface area contributed by atoms with Gasteiger partial charge in [-0.2, -0.15) is 5.10 Å². The second kappa shape index (κ2) is 6.38. The number of methoxy groups -OCH3 is 1. The Balaban J connectivity index is 1.94. The summed E-state index contributed by atoms with van der Waals surface area (Å²) in [4.78, 5) is 14.3. The van der Waals surface area contributed by atoms with E-state index >= 15 is 0 Å². The average molecular weight is 309 g/mol. The quantitative estimate of drug-likeness (QED) is 0.888. The summed E-state index contributed by atoms with van der Waals surface area (Å²) in [7, 11) is 1.60. The predicted octanol–water partition coefficient (Wildman–Crippen LogP) is 1.22. The van der Waals surface area contributed by atoms with E-state index in [4.69, 9.17) is 4.74 Å². The Morgan fingerprint density at radius 2 is 2.23 bits per heavy atom. The Kier molecular flexibility index (Phi) is 4.92. The first-order valence-corrected chi connectivity index (χ1v) is 7.76. The van der Waals surface area contributed by atoms with Crippen molar-refractivity contribution in [3.63, 3.8) is 0 Å². The second-order valence-electron chi connectivity index (χ2n) is 6.86. The number of aromatic nitrogens is 2. The van der Waals surface area contributed by atoms with Crippen LogP contribution < -0.4 is 0 Å². The Bertz CT molecular complexity index is 526. The van der Waals surface area contributed by atoms with Gasteiger partial charge in [0.2, 0.25) is 5.91 Å². The standard InChI is InChI=1S/C16H27N3O3/c1-13-5-8-17-19(13)9-6-14(20)18-10-7-16(21,12-22-4)15(2,3)11-18/h5,8,21H,6-7,9-12H2,1-4H3/t16-/m1/s1. The Labute approximate surface area is 132 Å². The van der Waals surface area contributed by atoms with Gasteiger partial charge in [0.15, 0.2) is 0 Å². The molecule has 1 atom stereocenters. The molecule has 1 amide bonds. The fourth-order valence-electron chi connectivity index (χ4n) is 3.07. The fraction of sp³-hybridized carbons (Fsp3) is 0.750. The number of nitrogens with zero attached hydrogens (tertiary/aromatic N) is 3. The van der Waals surface area contributed by atoms with E-state index in [9.17, 15) is 9.90 Å². The SMILES string of the molecule is COC[C@]1(O)CCN(C(=O)CCn2nccc2C)CC1(C)C. The number of hydrogen-bond acceptors (Lipinski definition) is 4. The maximum absolute atomic E-state index is 12.4. The van der Waals surface area contributed by atoms with Crippen molar-refractivity contribution in [3.8, 4) is 0 Å². The van der Waals surface area contributed by atoms with Crippen LogP contribution in [0.5, 0.6) is 0 Å². The van der Waals surface area contributed by atoms with Crippen LogP contribution >= 0.6 is 0 Å². The number of rotatable bonds is 5. The van der Waals surface area contributed by atoms with Gasteiger partial charge < -0.3 is 14.7 Å². The molecule has 1 aliphatic rings. The third kappa shape index (κ3) is 3.33. The number of carbonyl (C=O) groups is 1. The molecule has 0 aliphatic carbocycles. The molecule has 2 heterocycles. The number of carbonyl (C=O) groups excluding carboxylic acids is 1. The Morgan fingerprint density at radius 1 is 1.50 bits per heavy atom. The molecule has 0 radical (unpaired) electrons. The molecule has 0 unspecified atom stereocenters. The highest BCUT2D eigenvalue weighted by Crippen LogP contribution is 2.38. The lowest BCUT2D eigenvalue weighted by atomic mass is 9.70.